The fourth-order valence-corrected chi connectivity index (χ4v) is 4.38. The van der Waals surface area contributed by atoms with Crippen LogP contribution in [0.1, 0.15) is 49.2 Å². The molecule has 5 rings (SSSR count). The van der Waals surface area contributed by atoms with E-state index in [1.165, 1.54) is 29.8 Å². The molecule has 0 amide bonds. The van der Waals surface area contributed by atoms with Gasteiger partial charge in [-0.1, -0.05) is 68.0 Å². The van der Waals surface area contributed by atoms with Crippen LogP contribution in [0.5, 0.6) is 0 Å². The predicted octanol–water partition coefficient (Wildman–Crippen LogP) is 5.68. The van der Waals surface area contributed by atoms with E-state index in [0.29, 0.717) is 11.9 Å². The summed E-state index contributed by atoms with van der Waals surface area (Å²) in [5.74, 6) is 0.615. The van der Waals surface area contributed by atoms with Crippen molar-refractivity contribution >= 4 is 6.08 Å². The summed E-state index contributed by atoms with van der Waals surface area (Å²) in [7, 11) is 0. The fourth-order valence-electron chi connectivity index (χ4n) is 4.38. The van der Waals surface area contributed by atoms with Crippen LogP contribution in [0.3, 0.4) is 0 Å². The van der Waals surface area contributed by atoms with Crippen molar-refractivity contribution in [1.82, 2.24) is 25.2 Å². The van der Waals surface area contributed by atoms with Gasteiger partial charge in [-0.05, 0) is 59.4 Å². The summed E-state index contributed by atoms with van der Waals surface area (Å²) < 4.78 is 2.53. The third-order valence-electron chi connectivity index (χ3n) is 5.90. The summed E-state index contributed by atoms with van der Waals surface area (Å²) in [6.07, 6.45) is 9.16. The number of allylic oxidation sites excluding steroid dienone is 1. The van der Waals surface area contributed by atoms with Gasteiger partial charge in [0.1, 0.15) is 0 Å². The van der Waals surface area contributed by atoms with Gasteiger partial charge in [0, 0.05) is 17.0 Å². The fraction of sp³-hybridized carbons (Fsp3) is 0.240. The van der Waals surface area contributed by atoms with Gasteiger partial charge in [-0.25, -0.2) is 0 Å². The molecule has 5 heteroatoms. The summed E-state index contributed by atoms with van der Waals surface area (Å²) in [5, 5.41) is 14.6. The highest BCUT2D eigenvalue weighted by Crippen LogP contribution is 2.35. The van der Waals surface area contributed by atoms with E-state index in [-0.39, 0.29) is 0 Å². The Bertz CT molecular complexity index is 1150. The molecule has 1 N–H and O–H groups in total. The van der Waals surface area contributed by atoms with Crippen molar-refractivity contribution in [3.05, 3.63) is 83.7 Å². The summed E-state index contributed by atoms with van der Waals surface area (Å²) in [5.41, 5.74) is 7.34. The van der Waals surface area contributed by atoms with Gasteiger partial charge in [0.15, 0.2) is 0 Å². The lowest BCUT2D eigenvalue weighted by Crippen LogP contribution is -2.16. The van der Waals surface area contributed by atoms with E-state index in [9.17, 15) is 0 Å². The highest BCUT2D eigenvalue weighted by molar-refractivity contribution is 5.80. The number of unbranched alkanes of at least 4 members (excludes halogenated alkanes) is 1. The molecular weight excluding hydrogens is 370 g/mol. The van der Waals surface area contributed by atoms with Crippen LogP contribution >= 0.6 is 0 Å². The van der Waals surface area contributed by atoms with Gasteiger partial charge in [-0.2, -0.15) is 5.21 Å². The quantitative estimate of drug-likeness (QED) is 0.457. The monoisotopic (exact) mass is 395 g/mol. The number of nitrogens with one attached hydrogen (secondary N) is 1. The maximum atomic E-state index is 4.16. The maximum Gasteiger partial charge on any atom is 0.205 e. The average molecular weight is 396 g/mol. The molecule has 0 bridgehead atoms. The van der Waals surface area contributed by atoms with E-state index in [2.05, 4.69) is 86.7 Å². The molecule has 0 saturated heterocycles. The second-order valence-corrected chi connectivity index (χ2v) is 7.78. The number of rotatable bonds is 6. The molecule has 2 aromatic heterocycles. The van der Waals surface area contributed by atoms with Gasteiger partial charge in [-0.15, -0.1) is 10.2 Å². The lowest BCUT2D eigenvalue weighted by molar-refractivity contribution is 0.551. The highest BCUT2D eigenvalue weighted by atomic mass is 15.5. The first kappa shape index (κ1) is 18.6. The van der Waals surface area contributed by atoms with Crippen LogP contribution in [0.15, 0.2) is 66.7 Å². The van der Waals surface area contributed by atoms with Crippen molar-refractivity contribution in [2.75, 3.05) is 0 Å². The topological polar surface area (TPSA) is 59.4 Å². The average Bonchev–Trinajstić information content (AvgIpc) is 3.48. The zero-order valence-corrected chi connectivity index (χ0v) is 17.1. The number of fused-ring (bicyclic) bond motifs is 1. The number of tetrazole rings is 1. The van der Waals surface area contributed by atoms with E-state index >= 15 is 0 Å². The third-order valence-corrected chi connectivity index (χ3v) is 5.90. The van der Waals surface area contributed by atoms with Crippen molar-refractivity contribution in [3.8, 4) is 22.5 Å². The highest BCUT2D eigenvalue weighted by Gasteiger charge is 2.21. The Kier molecular flexibility index (Phi) is 5.01. The van der Waals surface area contributed by atoms with Gasteiger partial charge in [-0.3, -0.25) is 0 Å². The number of aromatic amines is 1. The van der Waals surface area contributed by atoms with Gasteiger partial charge in [0.25, 0.3) is 0 Å². The number of hydrogen-bond donors (Lipinski definition) is 1. The van der Waals surface area contributed by atoms with E-state index in [1.54, 1.807) is 0 Å². The first-order valence-corrected chi connectivity index (χ1v) is 10.6. The molecule has 1 aliphatic rings. The summed E-state index contributed by atoms with van der Waals surface area (Å²) in [4.78, 5) is 0. The Morgan fingerprint density at radius 2 is 1.83 bits per heavy atom. The van der Waals surface area contributed by atoms with Crippen molar-refractivity contribution in [2.24, 2.45) is 0 Å². The number of benzene rings is 2. The molecule has 3 heterocycles. The molecule has 0 fully saturated rings. The first-order chi connectivity index (χ1) is 14.8. The minimum absolute atomic E-state index is 0.355. The SMILES string of the molecule is CCCCc1ccc2n1C(c1ccc(-c3ccccc3-c3nn[nH]n3)cc1)CC=C2. The number of hydrogen-bond acceptors (Lipinski definition) is 3. The Labute approximate surface area is 176 Å². The first-order valence-electron chi connectivity index (χ1n) is 10.6. The smallest absolute Gasteiger partial charge is 0.205 e. The molecule has 0 radical (unpaired) electrons. The lowest BCUT2D eigenvalue weighted by atomic mass is 9.95. The predicted molar refractivity (Wildman–Crippen MR) is 120 cm³/mol. The Morgan fingerprint density at radius 3 is 2.60 bits per heavy atom. The molecule has 150 valence electrons. The van der Waals surface area contributed by atoms with Gasteiger partial charge in [0.05, 0.1) is 6.04 Å². The van der Waals surface area contributed by atoms with E-state index in [1.807, 2.05) is 18.2 Å². The zero-order valence-electron chi connectivity index (χ0n) is 17.1. The molecule has 0 spiro atoms. The molecule has 0 aliphatic carbocycles. The Balaban J connectivity index is 1.48. The maximum absolute atomic E-state index is 4.16. The second kappa shape index (κ2) is 8.11. The molecular formula is C25H25N5. The lowest BCUT2D eigenvalue weighted by Gasteiger charge is -2.26. The Hall–Kier alpha value is -3.47. The molecule has 1 atom stereocenters. The minimum atomic E-state index is 0.355. The molecule has 2 aromatic carbocycles. The largest absolute Gasteiger partial charge is 0.337 e. The molecule has 0 saturated carbocycles. The molecule has 1 unspecified atom stereocenters. The number of H-pyrrole nitrogens is 1. The standard InChI is InChI=1S/C25H25N5/c1-2-3-7-20-16-17-21-8-6-11-24(30(20)21)19-14-12-18(13-15-19)22-9-4-5-10-23(22)25-26-28-29-27-25/h4-6,8-10,12-17,24H,2-3,7,11H2,1H3,(H,26,27,28,29). The van der Waals surface area contributed by atoms with Gasteiger partial charge in [0.2, 0.25) is 5.82 Å². The van der Waals surface area contributed by atoms with Crippen molar-refractivity contribution < 1.29 is 0 Å². The Morgan fingerprint density at radius 1 is 1.00 bits per heavy atom. The molecule has 30 heavy (non-hydrogen) atoms. The summed E-state index contributed by atoms with van der Waals surface area (Å²) in [6, 6.07) is 22.0. The van der Waals surface area contributed by atoms with Crippen molar-refractivity contribution in [2.45, 2.75) is 38.6 Å². The minimum Gasteiger partial charge on any atom is -0.337 e. The van der Waals surface area contributed by atoms with Crippen LogP contribution in [0.4, 0.5) is 0 Å². The number of aryl methyl sites for hydroxylation is 1. The van der Waals surface area contributed by atoms with Crippen LogP contribution < -0.4 is 0 Å². The molecule has 1 aliphatic heterocycles. The normalized spacial score (nSPS) is 15.3. The van der Waals surface area contributed by atoms with E-state index < -0.39 is 0 Å². The van der Waals surface area contributed by atoms with E-state index in [0.717, 1.165) is 29.5 Å². The molecule has 4 aromatic rings. The summed E-state index contributed by atoms with van der Waals surface area (Å²) in [6.45, 7) is 2.25. The zero-order chi connectivity index (χ0) is 20.3. The number of nitrogens with zero attached hydrogens (tertiary/aromatic N) is 4. The van der Waals surface area contributed by atoms with Crippen LogP contribution in [-0.2, 0) is 6.42 Å². The van der Waals surface area contributed by atoms with Crippen molar-refractivity contribution in [1.29, 1.82) is 0 Å². The van der Waals surface area contributed by atoms with Gasteiger partial charge >= 0.3 is 0 Å². The summed E-state index contributed by atoms with van der Waals surface area (Å²) >= 11 is 0. The number of aromatic nitrogens is 5. The van der Waals surface area contributed by atoms with Crippen LogP contribution in [0.25, 0.3) is 28.6 Å². The van der Waals surface area contributed by atoms with Crippen LogP contribution in [0, 0.1) is 0 Å². The van der Waals surface area contributed by atoms with Crippen LogP contribution in [-0.4, -0.2) is 25.2 Å². The third kappa shape index (κ3) is 3.36. The van der Waals surface area contributed by atoms with Gasteiger partial charge < -0.3 is 4.57 Å². The van der Waals surface area contributed by atoms with Crippen molar-refractivity contribution in [3.63, 3.8) is 0 Å². The van der Waals surface area contributed by atoms with E-state index in [4.69, 9.17) is 0 Å². The van der Waals surface area contributed by atoms with Crippen LogP contribution in [0.2, 0.25) is 0 Å². The second-order valence-electron chi connectivity index (χ2n) is 7.78. The molecule has 5 nitrogen and oxygen atoms in total.